The molecule has 0 saturated heterocycles. The number of rotatable bonds is 5. The van der Waals surface area contributed by atoms with Crippen molar-refractivity contribution < 1.29 is 13.2 Å². The fourth-order valence-electron chi connectivity index (χ4n) is 2.47. The first-order chi connectivity index (χ1) is 11.1. The van der Waals surface area contributed by atoms with Gasteiger partial charge >= 0.3 is 0 Å². The molecule has 3 aromatic rings. The van der Waals surface area contributed by atoms with Crippen LogP contribution in [0.1, 0.15) is 6.92 Å². The van der Waals surface area contributed by atoms with E-state index in [0.29, 0.717) is 29.0 Å². The molecule has 3 rings (SSSR count). The van der Waals surface area contributed by atoms with Crippen LogP contribution in [0.2, 0.25) is 0 Å². The third-order valence-corrected chi connectivity index (χ3v) is 4.97. The Hall–Kier alpha value is -2.54. The van der Waals surface area contributed by atoms with Crippen LogP contribution in [0.5, 0.6) is 5.75 Å². The van der Waals surface area contributed by atoms with Gasteiger partial charge < -0.3 is 9.30 Å². The minimum absolute atomic E-state index is 0.202. The Kier molecular flexibility index (Phi) is 3.96. The summed E-state index contributed by atoms with van der Waals surface area (Å²) in [5.41, 5.74) is 1.05. The maximum atomic E-state index is 12.8. The summed E-state index contributed by atoms with van der Waals surface area (Å²) in [6, 6.07) is 10.4. The lowest BCUT2D eigenvalue weighted by molar-refractivity contribution is 0.417. The van der Waals surface area contributed by atoms with E-state index in [1.54, 1.807) is 48.8 Å². The molecule has 120 valence electrons. The summed E-state index contributed by atoms with van der Waals surface area (Å²) in [4.78, 5) is 4.48. The molecule has 0 amide bonds. The molecule has 0 aliphatic carbocycles. The van der Waals surface area contributed by atoms with Crippen molar-refractivity contribution in [2.45, 2.75) is 18.4 Å². The molecule has 0 unspecified atom stereocenters. The summed E-state index contributed by atoms with van der Waals surface area (Å²) in [5, 5.41) is 0.594. The predicted molar refractivity (Wildman–Crippen MR) is 89.2 cm³/mol. The van der Waals surface area contributed by atoms with E-state index in [0.717, 1.165) is 0 Å². The van der Waals surface area contributed by atoms with Crippen LogP contribution >= 0.6 is 0 Å². The molecule has 1 aromatic carbocycles. The van der Waals surface area contributed by atoms with Gasteiger partial charge in [-0.25, -0.2) is 13.4 Å². The van der Waals surface area contributed by atoms with E-state index in [1.807, 2.05) is 11.5 Å². The topological polar surface area (TPSA) is 73.2 Å². The molecule has 6 nitrogen and oxygen atoms in total. The van der Waals surface area contributed by atoms with E-state index >= 15 is 0 Å². The average molecular weight is 331 g/mol. The highest BCUT2D eigenvalue weighted by atomic mass is 32.2. The highest BCUT2D eigenvalue weighted by Crippen LogP contribution is 2.29. The van der Waals surface area contributed by atoms with Crippen LogP contribution in [0, 0.1) is 0 Å². The van der Waals surface area contributed by atoms with Crippen LogP contribution in [-0.2, 0) is 16.6 Å². The summed E-state index contributed by atoms with van der Waals surface area (Å²) in [7, 11) is -2.25. The molecule has 0 atom stereocenters. The number of hydrogen-bond donors (Lipinski definition) is 1. The van der Waals surface area contributed by atoms with Gasteiger partial charge in [0.2, 0.25) is 0 Å². The van der Waals surface area contributed by atoms with Gasteiger partial charge in [0.1, 0.15) is 16.3 Å². The van der Waals surface area contributed by atoms with Gasteiger partial charge in [-0.1, -0.05) is 12.1 Å². The van der Waals surface area contributed by atoms with Crippen LogP contribution in [0.25, 0.3) is 11.0 Å². The monoisotopic (exact) mass is 331 g/mol. The van der Waals surface area contributed by atoms with Gasteiger partial charge in [-0.05, 0) is 31.2 Å². The zero-order chi connectivity index (χ0) is 16.4. The van der Waals surface area contributed by atoms with Crippen molar-refractivity contribution in [2.24, 2.45) is 0 Å². The quantitative estimate of drug-likeness (QED) is 0.780. The first-order valence-electron chi connectivity index (χ1n) is 7.16. The molecule has 1 N–H and O–H groups in total. The van der Waals surface area contributed by atoms with E-state index in [1.165, 1.54) is 7.11 Å². The molecule has 0 saturated carbocycles. The van der Waals surface area contributed by atoms with Gasteiger partial charge in [-0.3, -0.25) is 4.72 Å². The van der Waals surface area contributed by atoms with Crippen LogP contribution in [0.3, 0.4) is 0 Å². The number of aromatic nitrogens is 2. The minimum Gasteiger partial charge on any atom is -0.495 e. The molecular weight excluding hydrogens is 314 g/mol. The van der Waals surface area contributed by atoms with Crippen molar-refractivity contribution >= 4 is 26.7 Å². The number of hydrogen-bond acceptors (Lipinski definition) is 4. The van der Waals surface area contributed by atoms with Crippen molar-refractivity contribution in [3.63, 3.8) is 0 Å². The number of sulfonamides is 1. The van der Waals surface area contributed by atoms with E-state index in [4.69, 9.17) is 4.74 Å². The Labute approximate surface area is 134 Å². The van der Waals surface area contributed by atoms with Crippen molar-refractivity contribution in [1.29, 1.82) is 0 Å². The number of benzene rings is 1. The third-order valence-electron chi connectivity index (χ3n) is 3.58. The van der Waals surface area contributed by atoms with E-state index in [9.17, 15) is 8.42 Å². The maximum Gasteiger partial charge on any atom is 0.264 e. The van der Waals surface area contributed by atoms with Crippen molar-refractivity contribution in [3.8, 4) is 5.75 Å². The fraction of sp³-hybridized carbons (Fsp3) is 0.188. The smallest absolute Gasteiger partial charge is 0.264 e. The van der Waals surface area contributed by atoms with E-state index in [-0.39, 0.29) is 4.90 Å². The zero-order valence-corrected chi connectivity index (χ0v) is 13.7. The summed E-state index contributed by atoms with van der Waals surface area (Å²) in [5.74, 6) is 0.466. The summed E-state index contributed by atoms with van der Waals surface area (Å²) >= 11 is 0. The number of aryl methyl sites for hydroxylation is 1. The second-order valence-corrected chi connectivity index (χ2v) is 6.61. The molecular formula is C16H17N3O3S. The Bertz CT molecular complexity index is 948. The van der Waals surface area contributed by atoms with Gasteiger partial charge in [-0.2, -0.15) is 0 Å². The van der Waals surface area contributed by atoms with Gasteiger partial charge in [0.25, 0.3) is 10.0 Å². The van der Waals surface area contributed by atoms with Crippen LogP contribution in [0.15, 0.2) is 53.7 Å². The first kappa shape index (κ1) is 15.4. The Morgan fingerprint density at radius 1 is 1.22 bits per heavy atom. The zero-order valence-electron chi connectivity index (χ0n) is 12.9. The van der Waals surface area contributed by atoms with E-state index < -0.39 is 10.0 Å². The number of pyridine rings is 1. The molecule has 0 aliphatic rings. The third kappa shape index (κ3) is 2.75. The molecule has 0 bridgehead atoms. The normalized spacial score (nSPS) is 11.6. The Morgan fingerprint density at radius 2 is 2.00 bits per heavy atom. The summed E-state index contributed by atoms with van der Waals surface area (Å²) in [6.45, 7) is 2.58. The number of ether oxygens (including phenoxy) is 1. The lowest BCUT2D eigenvalue weighted by Gasteiger charge is -2.10. The molecule has 2 aromatic heterocycles. The number of methoxy groups -OCH3 is 1. The number of nitrogens with zero attached hydrogens (tertiary/aromatic N) is 2. The van der Waals surface area contributed by atoms with Gasteiger partial charge in [0.05, 0.1) is 12.8 Å². The Morgan fingerprint density at radius 3 is 2.74 bits per heavy atom. The molecule has 7 heteroatoms. The van der Waals surface area contributed by atoms with Crippen molar-refractivity contribution in [3.05, 3.63) is 48.8 Å². The van der Waals surface area contributed by atoms with E-state index in [2.05, 4.69) is 9.71 Å². The molecule has 0 radical (unpaired) electrons. The van der Waals surface area contributed by atoms with Crippen molar-refractivity contribution in [1.82, 2.24) is 9.55 Å². The number of nitrogens with one attached hydrogen (secondary N) is 1. The molecule has 0 spiro atoms. The van der Waals surface area contributed by atoms with Gasteiger partial charge in [0, 0.05) is 24.3 Å². The second-order valence-electron chi connectivity index (χ2n) is 4.96. The SMILES string of the molecule is CCn1cc(S(=O)(=O)Nc2ccccc2OC)c2cccnc21. The van der Waals surface area contributed by atoms with Gasteiger partial charge in [0.15, 0.2) is 0 Å². The Balaban J connectivity index is 2.10. The minimum atomic E-state index is -3.75. The highest BCUT2D eigenvalue weighted by molar-refractivity contribution is 7.93. The van der Waals surface area contributed by atoms with Crippen LogP contribution < -0.4 is 9.46 Å². The molecule has 23 heavy (non-hydrogen) atoms. The number of anilines is 1. The van der Waals surface area contributed by atoms with Crippen LogP contribution in [-0.4, -0.2) is 25.1 Å². The molecule has 0 fully saturated rings. The average Bonchev–Trinajstić information content (AvgIpc) is 2.95. The van der Waals surface area contributed by atoms with Gasteiger partial charge in [-0.15, -0.1) is 0 Å². The summed E-state index contributed by atoms with van der Waals surface area (Å²) < 4.78 is 35.2. The number of para-hydroxylation sites is 2. The second kappa shape index (κ2) is 5.92. The standard InChI is InChI=1S/C16H17N3O3S/c1-3-19-11-15(12-7-6-10-17-16(12)19)23(20,21)18-13-8-4-5-9-14(13)22-2/h4-11,18H,3H2,1-2H3. The largest absolute Gasteiger partial charge is 0.495 e. The lowest BCUT2D eigenvalue weighted by atomic mass is 10.3. The highest BCUT2D eigenvalue weighted by Gasteiger charge is 2.22. The first-order valence-corrected chi connectivity index (χ1v) is 8.65. The van der Waals surface area contributed by atoms with Crippen molar-refractivity contribution in [2.75, 3.05) is 11.8 Å². The molecule has 0 aliphatic heterocycles. The predicted octanol–water partition coefficient (Wildman–Crippen LogP) is 2.87. The summed E-state index contributed by atoms with van der Waals surface area (Å²) in [6.07, 6.45) is 3.26. The number of fused-ring (bicyclic) bond motifs is 1. The fourth-order valence-corrected chi connectivity index (χ4v) is 3.76. The lowest BCUT2D eigenvalue weighted by Crippen LogP contribution is -2.13. The maximum absolute atomic E-state index is 12.8. The van der Waals surface area contributed by atoms with Crippen LogP contribution in [0.4, 0.5) is 5.69 Å². The molecule has 2 heterocycles.